The van der Waals surface area contributed by atoms with Gasteiger partial charge in [-0.15, -0.1) is 0 Å². The van der Waals surface area contributed by atoms with Gasteiger partial charge in [0.05, 0.1) is 11.0 Å². The van der Waals surface area contributed by atoms with Gasteiger partial charge in [-0.3, -0.25) is 10.1 Å². The van der Waals surface area contributed by atoms with Crippen molar-refractivity contribution in [1.82, 2.24) is 4.98 Å². The summed E-state index contributed by atoms with van der Waals surface area (Å²) in [4.78, 5) is 14.3. The summed E-state index contributed by atoms with van der Waals surface area (Å²) in [6.07, 6.45) is 1.45. The Morgan fingerprint density at radius 1 is 1.45 bits per heavy atom. The van der Waals surface area contributed by atoms with Crippen molar-refractivity contribution in [2.75, 3.05) is 5.32 Å². The zero-order valence-corrected chi connectivity index (χ0v) is 11.3. The molecule has 1 unspecified atom stereocenters. The summed E-state index contributed by atoms with van der Waals surface area (Å²) in [5, 5.41) is 14.1. The Labute approximate surface area is 119 Å². The molecule has 0 radical (unpaired) electrons. The van der Waals surface area contributed by atoms with E-state index in [1.807, 2.05) is 0 Å². The van der Waals surface area contributed by atoms with Gasteiger partial charge in [0.25, 0.3) is 0 Å². The molecule has 1 heterocycles. The van der Waals surface area contributed by atoms with Crippen molar-refractivity contribution in [1.29, 1.82) is 0 Å². The topological polar surface area (TPSA) is 68.1 Å². The number of hydrogen-bond donors (Lipinski definition) is 1. The van der Waals surface area contributed by atoms with Gasteiger partial charge in [0.2, 0.25) is 5.82 Å². The highest BCUT2D eigenvalue weighted by Gasteiger charge is 2.18. The zero-order valence-electron chi connectivity index (χ0n) is 10.5. The van der Waals surface area contributed by atoms with E-state index in [2.05, 4.69) is 10.3 Å². The van der Waals surface area contributed by atoms with Crippen molar-refractivity contribution in [3.05, 3.63) is 63.0 Å². The molecule has 0 saturated heterocycles. The van der Waals surface area contributed by atoms with Crippen LogP contribution in [0, 0.1) is 15.9 Å². The maximum atomic E-state index is 13.0. The highest BCUT2D eigenvalue weighted by molar-refractivity contribution is 6.31. The lowest BCUT2D eigenvalue weighted by molar-refractivity contribution is -0.384. The smallest absolute Gasteiger partial charge is 0.311 e. The molecule has 0 spiro atoms. The minimum absolute atomic E-state index is 0.127. The Morgan fingerprint density at radius 3 is 2.85 bits per heavy atom. The Balaban J connectivity index is 2.28. The second kappa shape index (κ2) is 5.83. The summed E-state index contributed by atoms with van der Waals surface area (Å²) in [5.74, 6) is -0.292. The number of hydrogen-bond acceptors (Lipinski definition) is 4. The molecule has 0 aliphatic carbocycles. The van der Waals surface area contributed by atoms with E-state index in [9.17, 15) is 14.5 Å². The third-order valence-electron chi connectivity index (χ3n) is 2.77. The number of aromatic nitrogens is 1. The third-order valence-corrected chi connectivity index (χ3v) is 3.09. The molecule has 1 atom stereocenters. The zero-order chi connectivity index (χ0) is 14.7. The molecule has 0 fully saturated rings. The predicted molar refractivity (Wildman–Crippen MR) is 74.3 cm³/mol. The molecule has 20 heavy (non-hydrogen) atoms. The van der Waals surface area contributed by atoms with Crippen LogP contribution < -0.4 is 5.32 Å². The summed E-state index contributed by atoms with van der Waals surface area (Å²) in [5.41, 5.74) is 0.505. The second-order valence-electron chi connectivity index (χ2n) is 4.16. The normalized spacial score (nSPS) is 11.9. The molecular weight excluding hydrogens is 285 g/mol. The van der Waals surface area contributed by atoms with E-state index < -0.39 is 10.7 Å². The highest BCUT2D eigenvalue weighted by Crippen LogP contribution is 2.29. The Bertz CT molecular complexity index is 651. The van der Waals surface area contributed by atoms with Gasteiger partial charge in [-0.05, 0) is 30.7 Å². The molecule has 1 aromatic carbocycles. The lowest BCUT2D eigenvalue weighted by Gasteiger charge is -2.16. The average Bonchev–Trinajstić information content (AvgIpc) is 2.38. The first kappa shape index (κ1) is 14.2. The van der Waals surface area contributed by atoms with Gasteiger partial charge in [-0.2, -0.15) is 0 Å². The van der Waals surface area contributed by atoms with E-state index >= 15 is 0 Å². The molecule has 1 aromatic heterocycles. The number of rotatable bonds is 4. The van der Waals surface area contributed by atoms with Crippen molar-refractivity contribution < 1.29 is 9.31 Å². The number of pyridine rings is 1. The highest BCUT2D eigenvalue weighted by atomic mass is 35.5. The Morgan fingerprint density at radius 2 is 2.20 bits per heavy atom. The molecule has 0 aliphatic rings. The first-order valence-corrected chi connectivity index (χ1v) is 6.17. The van der Waals surface area contributed by atoms with Crippen LogP contribution in [0.1, 0.15) is 18.5 Å². The van der Waals surface area contributed by atoms with Crippen LogP contribution in [0.5, 0.6) is 0 Å². The minimum atomic E-state index is -0.520. The third kappa shape index (κ3) is 3.03. The molecule has 0 saturated carbocycles. The molecule has 0 aliphatic heterocycles. The van der Waals surface area contributed by atoms with Gasteiger partial charge in [-0.25, -0.2) is 9.37 Å². The number of nitrogens with zero attached hydrogens (tertiary/aromatic N) is 2. The summed E-state index contributed by atoms with van der Waals surface area (Å²) in [7, 11) is 0. The van der Waals surface area contributed by atoms with Crippen LogP contribution in [0.4, 0.5) is 15.9 Å². The number of anilines is 1. The molecule has 5 nitrogen and oxygen atoms in total. The van der Waals surface area contributed by atoms with Gasteiger partial charge in [0, 0.05) is 17.3 Å². The van der Waals surface area contributed by atoms with Crippen LogP contribution in [0.15, 0.2) is 36.5 Å². The van der Waals surface area contributed by atoms with Gasteiger partial charge < -0.3 is 5.32 Å². The van der Waals surface area contributed by atoms with Crippen LogP contribution in [-0.4, -0.2) is 9.91 Å². The quantitative estimate of drug-likeness (QED) is 0.685. The second-order valence-corrected chi connectivity index (χ2v) is 4.57. The van der Waals surface area contributed by atoms with E-state index in [0.29, 0.717) is 5.56 Å². The van der Waals surface area contributed by atoms with Crippen molar-refractivity contribution in [2.24, 2.45) is 0 Å². The number of benzene rings is 1. The molecular formula is C13H11ClFN3O2. The van der Waals surface area contributed by atoms with Gasteiger partial charge >= 0.3 is 5.69 Å². The Hall–Kier alpha value is -2.21. The Kier molecular flexibility index (Phi) is 4.14. The largest absolute Gasteiger partial charge is 0.358 e. The van der Waals surface area contributed by atoms with Crippen LogP contribution in [0.3, 0.4) is 0 Å². The van der Waals surface area contributed by atoms with Crippen LogP contribution in [0.2, 0.25) is 5.02 Å². The maximum absolute atomic E-state index is 13.0. The van der Waals surface area contributed by atoms with Gasteiger partial charge in [0.1, 0.15) is 5.82 Å². The number of halogens is 2. The maximum Gasteiger partial charge on any atom is 0.311 e. The van der Waals surface area contributed by atoms with E-state index in [1.165, 1.54) is 36.5 Å². The van der Waals surface area contributed by atoms with E-state index in [-0.39, 0.29) is 22.6 Å². The number of nitro groups is 1. The first-order valence-electron chi connectivity index (χ1n) is 5.80. The first-order chi connectivity index (χ1) is 9.49. The van der Waals surface area contributed by atoms with Crippen LogP contribution >= 0.6 is 11.6 Å². The van der Waals surface area contributed by atoms with Crippen molar-refractivity contribution in [2.45, 2.75) is 13.0 Å². The lowest BCUT2D eigenvalue weighted by atomic mass is 10.1. The SMILES string of the molecule is CC(Nc1ncccc1[N+](=O)[O-])c1ccc(F)cc1Cl. The number of nitrogens with one attached hydrogen (secondary N) is 1. The summed E-state index contributed by atoms with van der Waals surface area (Å²) < 4.78 is 13.0. The molecule has 2 aromatic rings. The van der Waals surface area contributed by atoms with Crippen molar-refractivity contribution in [3.63, 3.8) is 0 Å². The molecule has 2 rings (SSSR count). The summed E-state index contributed by atoms with van der Waals surface area (Å²) in [6, 6.07) is 6.50. The standard InChI is InChI=1S/C13H11ClFN3O2/c1-8(10-5-4-9(15)7-11(10)14)17-13-12(18(19)20)3-2-6-16-13/h2-8H,1H3,(H,16,17). The van der Waals surface area contributed by atoms with Crippen LogP contribution in [-0.2, 0) is 0 Å². The fraction of sp³-hybridized carbons (Fsp3) is 0.154. The van der Waals surface area contributed by atoms with E-state index in [0.717, 1.165) is 0 Å². The molecule has 0 bridgehead atoms. The fourth-order valence-corrected chi connectivity index (χ4v) is 2.12. The minimum Gasteiger partial charge on any atom is -0.358 e. The summed E-state index contributed by atoms with van der Waals surface area (Å²) >= 11 is 5.96. The molecule has 7 heteroatoms. The van der Waals surface area contributed by atoms with Crippen LogP contribution in [0.25, 0.3) is 0 Å². The van der Waals surface area contributed by atoms with Crippen molar-refractivity contribution in [3.8, 4) is 0 Å². The predicted octanol–water partition coefficient (Wildman–Crippen LogP) is 3.96. The van der Waals surface area contributed by atoms with Gasteiger partial charge in [-0.1, -0.05) is 17.7 Å². The van der Waals surface area contributed by atoms with E-state index in [4.69, 9.17) is 11.6 Å². The van der Waals surface area contributed by atoms with E-state index in [1.54, 1.807) is 6.92 Å². The summed E-state index contributed by atoms with van der Waals surface area (Å²) in [6.45, 7) is 1.76. The lowest BCUT2D eigenvalue weighted by Crippen LogP contribution is -2.10. The molecule has 1 N–H and O–H groups in total. The van der Waals surface area contributed by atoms with Gasteiger partial charge in [0.15, 0.2) is 0 Å². The fourth-order valence-electron chi connectivity index (χ4n) is 1.79. The average molecular weight is 296 g/mol. The molecule has 104 valence electrons. The molecule has 0 amide bonds. The van der Waals surface area contributed by atoms with Crippen molar-refractivity contribution >= 4 is 23.1 Å². The monoisotopic (exact) mass is 295 g/mol.